The second-order valence-electron chi connectivity index (χ2n) is 5.24. The molecule has 26 heavy (non-hydrogen) atoms. The highest BCUT2D eigenvalue weighted by Gasteiger charge is 2.32. The first-order valence-electron chi connectivity index (χ1n) is 7.77. The average molecular weight is 364 g/mol. The van der Waals surface area contributed by atoms with Crippen molar-refractivity contribution in [3.8, 4) is 0 Å². The van der Waals surface area contributed by atoms with Crippen LogP contribution >= 0.6 is 0 Å². The van der Waals surface area contributed by atoms with Crippen LogP contribution in [-0.2, 0) is 23.8 Å². The van der Waals surface area contributed by atoms with Crippen LogP contribution in [0.5, 0.6) is 0 Å². The maximum Gasteiger partial charge on any atom is 0.355 e. The second-order valence-corrected chi connectivity index (χ2v) is 5.24. The zero-order chi connectivity index (χ0) is 19.1. The molecule has 0 aromatic heterocycles. The normalized spacial score (nSPS) is 14.0. The SMILES string of the molecule is COC(=O)C1=C(C(=O)OC)N(c2ccc(C(=O)NCCO)cc2)COC1. The van der Waals surface area contributed by atoms with Crippen LogP contribution in [0.3, 0.4) is 0 Å². The van der Waals surface area contributed by atoms with Gasteiger partial charge in [0.25, 0.3) is 5.91 Å². The highest BCUT2D eigenvalue weighted by Crippen LogP contribution is 2.26. The van der Waals surface area contributed by atoms with E-state index in [0.29, 0.717) is 11.3 Å². The van der Waals surface area contributed by atoms with Gasteiger partial charge in [0, 0.05) is 17.8 Å². The number of nitrogens with zero attached hydrogens (tertiary/aromatic N) is 1. The van der Waals surface area contributed by atoms with Gasteiger partial charge in [-0.3, -0.25) is 4.79 Å². The molecule has 0 radical (unpaired) electrons. The molecule has 0 fully saturated rings. The van der Waals surface area contributed by atoms with Crippen LogP contribution < -0.4 is 10.2 Å². The molecule has 0 aliphatic carbocycles. The average Bonchev–Trinajstić information content (AvgIpc) is 2.70. The summed E-state index contributed by atoms with van der Waals surface area (Å²) in [5.41, 5.74) is 1.00. The van der Waals surface area contributed by atoms with E-state index < -0.39 is 11.9 Å². The van der Waals surface area contributed by atoms with Gasteiger partial charge in [0.05, 0.1) is 33.0 Å². The Morgan fingerprint density at radius 1 is 1.15 bits per heavy atom. The summed E-state index contributed by atoms with van der Waals surface area (Å²) in [6.45, 7) is -0.0486. The van der Waals surface area contributed by atoms with Crippen LogP contribution in [-0.4, -0.2) is 63.7 Å². The molecule has 9 heteroatoms. The van der Waals surface area contributed by atoms with E-state index in [1.807, 2.05) is 0 Å². The van der Waals surface area contributed by atoms with Crippen molar-refractivity contribution >= 4 is 23.5 Å². The summed E-state index contributed by atoms with van der Waals surface area (Å²) in [7, 11) is 2.43. The lowest BCUT2D eigenvalue weighted by molar-refractivity contribution is -0.140. The lowest BCUT2D eigenvalue weighted by Gasteiger charge is -2.31. The number of methoxy groups -OCH3 is 2. The number of rotatable bonds is 6. The molecule has 1 heterocycles. The number of carbonyl (C=O) groups excluding carboxylic acids is 3. The fraction of sp³-hybridized carbons (Fsp3) is 0.353. The summed E-state index contributed by atoms with van der Waals surface area (Å²) >= 11 is 0. The number of aliphatic hydroxyl groups is 1. The number of ether oxygens (including phenoxy) is 3. The summed E-state index contributed by atoms with van der Waals surface area (Å²) in [5, 5.41) is 11.3. The molecule has 0 saturated carbocycles. The lowest BCUT2D eigenvalue weighted by Crippen LogP contribution is -2.38. The molecule has 1 aliphatic rings. The number of aliphatic hydroxyl groups excluding tert-OH is 1. The molecule has 1 aliphatic heterocycles. The molecular weight excluding hydrogens is 344 g/mol. The van der Waals surface area contributed by atoms with Gasteiger partial charge in [-0.05, 0) is 24.3 Å². The van der Waals surface area contributed by atoms with Crippen molar-refractivity contribution < 1.29 is 33.7 Å². The van der Waals surface area contributed by atoms with Crippen molar-refractivity contribution in [3.05, 3.63) is 41.1 Å². The maximum atomic E-state index is 12.2. The van der Waals surface area contributed by atoms with Crippen molar-refractivity contribution in [2.75, 3.05) is 45.6 Å². The van der Waals surface area contributed by atoms with Gasteiger partial charge in [0.2, 0.25) is 0 Å². The van der Waals surface area contributed by atoms with Gasteiger partial charge < -0.3 is 29.5 Å². The van der Waals surface area contributed by atoms with Gasteiger partial charge in [-0.25, -0.2) is 9.59 Å². The summed E-state index contributed by atoms with van der Waals surface area (Å²) in [6, 6.07) is 6.34. The van der Waals surface area contributed by atoms with Crippen molar-refractivity contribution in [2.45, 2.75) is 0 Å². The van der Waals surface area contributed by atoms with E-state index in [2.05, 4.69) is 5.32 Å². The van der Waals surface area contributed by atoms with Crippen LogP contribution in [0.4, 0.5) is 5.69 Å². The van der Waals surface area contributed by atoms with E-state index in [-0.39, 0.29) is 43.7 Å². The number of carbonyl (C=O) groups is 3. The molecule has 140 valence electrons. The van der Waals surface area contributed by atoms with Gasteiger partial charge in [-0.1, -0.05) is 0 Å². The molecular formula is C17H20N2O7. The number of hydrogen-bond donors (Lipinski definition) is 2. The predicted molar refractivity (Wildman–Crippen MR) is 90.2 cm³/mol. The Labute approximate surface area is 150 Å². The number of hydrogen-bond acceptors (Lipinski definition) is 8. The van der Waals surface area contributed by atoms with Crippen molar-refractivity contribution in [1.29, 1.82) is 0 Å². The van der Waals surface area contributed by atoms with Gasteiger partial charge >= 0.3 is 11.9 Å². The molecule has 0 saturated heterocycles. The van der Waals surface area contributed by atoms with Gasteiger partial charge in [-0.2, -0.15) is 0 Å². The number of esters is 2. The highest BCUT2D eigenvalue weighted by atomic mass is 16.5. The fourth-order valence-corrected chi connectivity index (χ4v) is 2.41. The largest absolute Gasteiger partial charge is 0.466 e. The summed E-state index contributed by atoms with van der Waals surface area (Å²) < 4.78 is 14.9. The Morgan fingerprint density at radius 3 is 2.38 bits per heavy atom. The first kappa shape index (κ1) is 19.4. The van der Waals surface area contributed by atoms with Gasteiger partial charge in [0.15, 0.2) is 0 Å². The minimum absolute atomic E-state index is 0.0288. The van der Waals surface area contributed by atoms with Crippen LogP contribution in [0.25, 0.3) is 0 Å². The molecule has 0 bridgehead atoms. The maximum absolute atomic E-state index is 12.2. The van der Waals surface area contributed by atoms with E-state index in [1.165, 1.54) is 19.1 Å². The summed E-state index contributed by atoms with van der Waals surface area (Å²) in [6.07, 6.45) is 0. The van der Waals surface area contributed by atoms with Gasteiger partial charge in [0.1, 0.15) is 12.4 Å². The van der Waals surface area contributed by atoms with Crippen LogP contribution in [0.2, 0.25) is 0 Å². The first-order valence-corrected chi connectivity index (χ1v) is 7.77. The van der Waals surface area contributed by atoms with Crippen LogP contribution in [0.15, 0.2) is 35.5 Å². The topological polar surface area (TPSA) is 114 Å². The third kappa shape index (κ3) is 4.19. The second kappa shape index (κ2) is 8.97. The standard InChI is InChI=1S/C17H20N2O7/c1-24-16(22)13-9-26-10-19(14(13)17(23)25-2)12-5-3-11(4-6-12)15(21)18-7-8-20/h3-6,20H,7-10H2,1-2H3,(H,18,21). The Balaban J connectivity index is 2.34. The van der Waals surface area contributed by atoms with Crippen molar-refractivity contribution in [1.82, 2.24) is 5.32 Å². The highest BCUT2D eigenvalue weighted by molar-refractivity contribution is 6.03. The zero-order valence-electron chi connectivity index (χ0n) is 14.5. The lowest BCUT2D eigenvalue weighted by atomic mass is 10.1. The smallest absolute Gasteiger partial charge is 0.355 e. The van der Waals surface area contributed by atoms with Crippen molar-refractivity contribution in [2.24, 2.45) is 0 Å². The minimum atomic E-state index is -0.696. The molecule has 9 nitrogen and oxygen atoms in total. The number of nitrogens with one attached hydrogen (secondary N) is 1. The Kier molecular flexibility index (Phi) is 6.70. The quantitative estimate of drug-likeness (QED) is 0.667. The van der Waals surface area contributed by atoms with Crippen LogP contribution in [0.1, 0.15) is 10.4 Å². The number of amides is 1. The Hall–Kier alpha value is -2.91. The monoisotopic (exact) mass is 364 g/mol. The Morgan fingerprint density at radius 2 is 1.81 bits per heavy atom. The molecule has 2 N–H and O–H groups in total. The van der Waals surface area contributed by atoms with E-state index in [9.17, 15) is 14.4 Å². The predicted octanol–water partition coefficient (Wildman–Crippen LogP) is -0.197. The zero-order valence-corrected chi connectivity index (χ0v) is 14.5. The molecule has 1 amide bonds. The molecule has 0 atom stereocenters. The molecule has 2 rings (SSSR count). The summed E-state index contributed by atoms with van der Waals surface area (Å²) in [5.74, 6) is -1.71. The number of anilines is 1. The fourth-order valence-electron chi connectivity index (χ4n) is 2.41. The van der Waals surface area contributed by atoms with Gasteiger partial charge in [-0.15, -0.1) is 0 Å². The minimum Gasteiger partial charge on any atom is -0.466 e. The molecule has 1 aromatic rings. The summed E-state index contributed by atoms with van der Waals surface area (Å²) in [4.78, 5) is 37.5. The molecule has 0 unspecified atom stereocenters. The third-order valence-corrected chi connectivity index (χ3v) is 3.67. The van der Waals surface area contributed by atoms with Crippen molar-refractivity contribution in [3.63, 3.8) is 0 Å². The Bertz CT molecular complexity index is 712. The van der Waals surface area contributed by atoms with E-state index in [1.54, 1.807) is 24.3 Å². The van der Waals surface area contributed by atoms with E-state index in [4.69, 9.17) is 19.3 Å². The number of benzene rings is 1. The van der Waals surface area contributed by atoms with E-state index >= 15 is 0 Å². The molecule has 0 spiro atoms. The van der Waals surface area contributed by atoms with Crippen LogP contribution in [0, 0.1) is 0 Å². The third-order valence-electron chi connectivity index (χ3n) is 3.67. The van der Waals surface area contributed by atoms with E-state index in [0.717, 1.165) is 0 Å². The molecule has 1 aromatic carbocycles. The first-order chi connectivity index (χ1) is 12.5.